The molecule has 3 aromatic rings. The van der Waals surface area contributed by atoms with Gasteiger partial charge in [0.25, 0.3) is 5.91 Å². The Morgan fingerprint density at radius 2 is 1.88 bits per heavy atom. The highest BCUT2D eigenvalue weighted by Gasteiger charge is 2.15. The number of halogens is 3. The topological polar surface area (TPSA) is 51.2 Å². The average molecular weight is 472 g/mol. The molecule has 0 atom stereocenters. The predicted molar refractivity (Wildman–Crippen MR) is 101 cm³/mol. The quantitative estimate of drug-likeness (QED) is 0.515. The van der Waals surface area contributed by atoms with Crippen LogP contribution in [0, 0.1) is 3.57 Å². The molecule has 0 radical (unpaired) electrons. The Balaban J connectivity index is 1.82. The second kappa shape index (κ2) is 7.87. The van der Waals surface area contributed by atoms with Gasteiger partial charge in [0.2, 0.25) is 0 Å². The highest BCUT2D eigenvalue weighted by atomic mass is 127. The number of amides is 1. The first-order valence-electron chi connectivity index (χ1n) is 7.10. The van der Waals surface area contributed by atoms with E-state index in [2.05, 4.69) is 37.6 Å². The number of carbonyl (C=O) groups is 1. The summed E-state index contributed by atoms with van der Waals surface area (Å²) in [6, 6.07) is 13.6. The number of nitrogens with one attached hydrogen (secondary N) is 1. The number of hydrogen-bond donors (Lipinski definition) is 1. The Kier molecular flexibility index (Phi) is 5.59. The maximum atomic E-state index is 12.5. The summed E-state index contributed by atoms with van der Waals surface area (Å²) in [6.07, 6.45) is 0. The van der Waals surface area contributed by atoms with E-state index < -0.39 is 6.61 Å². The van der Waals surface area contributed by atoms with E-state index in [0.29, 0.717) is 22.0 Å². The molecule has 0 unspecified atom stereocenters. The first-order chi connectivity index (χ1) is 12.0. The van der Waals surface area contributed by atoms with Crippen LogP contribution in [-0.2, 0) is 0 Å². The van der Waals surface area contributed by atoms with E-state index in [1.165, 1.54) is 17.4 Å². The van der Waals surface area contributed by atoms with Crippen molar-refractivity contribution in [1.29, 1.82) is 0 Å². The molecule has 1 aromatic heterocycles. The van der Waals surface area contributed by atoms with Crippen molar-refractivity contribution in [2.45, 2.75) is 6.61 Å². The van der Waals surface area contributed by atoms with E-state index in [4.69, 9.17) is 0 Å². The zero-order valence-corrected chi connectivity index (χ0v) is 15.6. The van der Waals surface area contributed by atoms with Gasteiger partial charge >= 0.3 is 6.61 Å². The summed E-state index contributed by atoms with van der Waals surface area (Å²) in [5, 5.41) is 4.78. The Bertz CT molecular complexity index is 902. The molecular formula is C17H11F2IN2O2S. The van der Waals surface area contributed by atoms with Gasteiger partial charge in [-0.05, 0) is 46.9 Å². The summed E-state index contributed by atoms with van der Waals surface area (Å²) in [6.45, 7) is -2.92. The molecule has 0 bridgehead atoms. The van der Waals surface area contributed by atoms with Crippen molar-refractivity contribution in [1.82, 2.24) is 4.98 Å². The van der Waals surface area contributed by atoms with Crippen LogP contribution in [0.1, 0.15) is 10.4 Å². The molecule has 0 fully saturated rings. The number of carbonyl (C=O) groups excluding carboxylic acids is 1. The summed E-state index contributed by atoms with van der Waals surface area (Å²) in [5.41, 5.74) is 1.44. The first kappa shape index (κ1) is 17.7. The second-order valence-corrected chi connectivity index (χ2v) is 6.87. The van der Waals surface area contributed by atoms with Gasteiger partial charge in [0, 0.05) is 14.5 Å². The first-order valence-corrected chi connectivity index (χ1v) is 9.06. The number of benzene rings is 2. The zero-order valence-electron chi connectivity index (χ0n) is 12.6. The molecule has 8 heteroatoms. The number of ether oxygens (including phenoxy) is 1. The van der Waals surface area contributed by atoms with E-state index in [0.717, 1.165) is 3.57 Å². The minimum atomic E-state index is -2.92. The third-order valence-electron chi connectivity index (χ3n) is 3.22. The lowest BCUT2D eigenvalue weighted by Gasteiger charge is -2.08. The van der Waals surface area contributed by atoms with E-state index in [1.54, 1.807) is 35.7 Å². The second-order valence-electron chi connectivity index (χ2n) is 4.85. The van der Waals surface area contributed by atoms with Crippen LogP contribution in [0.2, 0.25) is 0 Å². The van der Waals surface area contributed by atoms with Gasteiger partial charge in [0.1, 0.15) is 5.75 Å². The third kappa shape index (κ3) is 4.31. The molecule has 0 saturated heterocycles. The lowest BCUT2D eigenvalue weighted by Crippen LogP contribution is -2.13. The number of alkyl halides is 2. The molecule has 1 N–H and O–H groups in total. The molecule has 1 amide bonds. The lowest BCUT2D eigenvalue weighted by molar-refractivity contribution is -0.0494. The Morgan fingerprint density at radius 1 is 1.16 bits per heavy atom. The molecule has 25 heavy (non-hydrogen) atoms. The molecule has 3 rings (SSSR count). The van der Waals surface area contributed by atoms with Gasteiger partial charge in [0.05, 0.1) is 11.3 Å². The molecule has 1 heterocycles. The predicted octanol–water partition coefficient (Wildman–Crippen LogP) is 5.27. The van der Waals surface area contributed by atoms with Gasteiger partial charge < -0.3 is 4.74 Å². The summed E-state index contributed by atoms with van der Waals surface area (Å²) < 4.78 is 30.4. The number of thiazole rings is 1. The highest BCUT2D eigenvalue weighted by molar-refractivity contribution is 14.1. The maximum absolute atomic E-state index is 12.5. The highest BCUT2D eigenvalue weighted by Crippen LogP contribution is 2.33. The van der Waals surface area contributed by atoms with Crippen molar-refractivity contribution in [3.05, 3.63) is 63.0 Å². The van der Waals surface area contributed by atoms with E-state index >= 15 is 0 Å². The fraction of sp³-hybridized carbons (Fsp3) is 0.0588. The SMILES string of the molecule is O=C(Nc1nc(-c2ccccc2OC(F)F)cs1)c1ccccc1I. The fourth-order valence-corrected chi connectivity index (χ4v) is 3.48. The molecule has 2 aromatic carbocycles. The van der Waals surface area contributed by atoms with Crippen LogP contribution >= 0.6 is 33.9 Å². The van der Waals surface area contributed by atoms with Gasteiger partial charge in [-0.25, -0.2) is 4.98 Å². The molecule has 0 spiro atoms. The average Bonchev–Trinajstić information content (AvgIpc) is 3.03. The van der Waals surface area contributed by atoms with Crippen LogP contribution in [0.4, 0.5) is 13.9 Å². The van der Waals surface area contributed by atoms with Crippen LogP contribution in [-0.4, -0.2) is 17.5 Å². The summed E-state index contributed by atoms with van der Waals surface area (Å²) in [4.78, 5) is 16.6. The largest absolute Gasteiger partial charge is 0.434 e. The van der Waals surface area contributed by atoms with Crippen LogP contribution in [0.3, 0.4) is 0 Å². The van der Waals surface area contributed by atoms with E-state index in [-0.39, 0.29) is 11.7 Å². The summed E-state index contributed by atoms with van der Waals surface area (Å²) >= 11 is 3.30. The number of hydrogen-bond acceptors (Lipinski definition) is 4. The van der Waals surface area contributed by atoms with Crippen molar-refractivity contribution >= 4 is 45.0 Å². The number of anilines is 1. The van der Waals surface area contributed by atoms with Gasteiger partial charge in [-0.3, -0.25) is 10.1 Å². The molecule has 0 aliphatic rings. The number of aromatic nitrogens is 1. The zero-order chi connectivity index (χ0) is 17.8. The Hall–Kier alpha value is -2.07. The van der Waals surface area contributed by atoms with Crippen molar-refractivity contribution in [2.24, 2.45) is 0 Å². The number of nitrogens with zero attached hydrogens (tertiary/aromatic N) is 1. The molecule has 0 aliphatic carbocycles. The van der Waals surface area contributed by atoms with Crippen LogP contribution in [0.15, 0.2) is 53.9 Å². The van der Waals surface area contributed by atoms with Gasteiger partial charge in [-0.15, -0.1) is 11.3 Å². The standard InChI is InChI=1S/C17H11F2IN2O2S/c18-16(19)24-14-8-4-2-6-11(14)13-9-25-17(21-13)22-15(23)10-5-1-3-7-12(10)20/h1-9,16H,(H,21,22,23). The normalized spacial score (nSPS) is 10.7. The smallest absolute Gasteiger partial charge is 0.387 e. The number of rotatable bonds is 5. The lowest BCUT2D eigenvalue weighted by atomic mass is 10.1. The molecule has 0 saturated carbocycles. The molecule has 4 nitrogen and oxygen atoms in total. The Morgan fingerprint density at radius 3 is 2.64 bits per heavy atom. The summed E-state index contributed by atoms with van der Waals surface area (Å²) in [5.74, 6) is -0.235. The van der Waals surface area contributed by atoms with Gasteiger partial charge in [-0.1, -0.05) is 24.3 Å². The monoisotopic (exact) mass is 472 g/mol. The van der Waals surface area contributed by atoms with Gasteiger partial charge in [-0.2, -0.15) is 8.78 Å². The Labute approximate surface area is 160 Å². The van der Waals surface area contributed by atoms with Crippen molar-refractivity contribution in [2.75, 3.05) is 5.32 Å². The van der Waals surface area contributed by atoms with Crippen molar-refractivity contribution in [3.8, 4) is 17.0 Å². The van der Waals surface area contributed by atoms with Crippen LogP contribution in [0.25, 0.3) is 11.3 Å². The minimum absolute atomic E-state index is 0.0401. The summed E-state index contributed by atoms with van der Waals surface area (Å²) in [7, 11) is 0. The third-order valence-corrected chi connectivity index (χ3v) is 4.92. The van der Waals surface area contributed by atoms with E-state index in [9.17, 15) is 13.6 Å². The molecule has 0 aliphatic heterocycles. The molecular weight excluding hydrogens is 461 g/mol. The molecule has 128 valence electrons. The van der Waals surface area contributed by atoms with Crippen LogP contribution in [0.5, 0.6) is 5.75 Å². The van der Waals surface area contributed by atoms with E-state index in [1.807, 2.05) is 12.1 Å². The minimum Gasteiger partial charge on any atom is -0.434 e. The van der Waals surface area contributed by atoms with Gasteiger partial charge in [0.15, 0.2) is 5.13 Å². The fourth-order valence-electron chi connectivity index (χ4n) is 2.14. The van der Waals surface area contributed by atoms with Crippen LogP contribution < -0.4 is 10.1 Å². The number of para-hydroxylation sites is 1. The van der Waals surface area contributed by atoms with Crippen molar-refractivity contribution < 1.29 is 18.3 Å². The maximum Gasteiger partial charge on any atom is 0.387 e. The van der Waals surface area contributed by atoms with Crippen molar-refractivity contribution in [3.63, 3.8) is 0 Å².